The van der Waals surface area contributed by atoms with Crippen molar-refractivity contribution in [2.24, 2.45) is 10.2 Å². The number of nitrogens with zero attached hydrogens (tertiary/aromatic N) is 2. The van der Waals surface area contributed by atoms with Crippen LogP contribution in [0.4, 0.5) is 45.5 Å². The Hall–Kier alpha value is -3.94. The Balaban J connectivity index is 1.70. The number of hydrogen-bond acceptors (Lipinski definition) is 8. The van der Waals surface area contributed by atoms with Gasteiger partial charge < -0.3 is 28.4 Å². The number of anilines is 6. The van der Waals surface area contributed by atoms with Gasteiger partial charge in [0.1, 0.15) is 5.69 Å². The largest absolute Gasteiger partial charge is 0.399 e. The Labute approximate surface area is 150 Å². The maximum Gasteiger partial charge on any atom is 0.109 e. The summed E-state index contributed by atoms with van der Waals surface area (Å²) in [6, 6.07) is 17.8. The second kappa shape index (κ2) is 7.31. The van der Waals surface area contributed by atoms with Crippen LogP contribution in [0.3, 0.4) is 0 Å². The van der Waals surface area contributed by atoms with Gasteiger partial charge in [-0.05, 0) is 54.6 Å². The lowest BCUT2D eigenvalue weighted by Gasteiger charge is -2.12. The number of hydrazine groups is 1. The van der Waals surface area contributed by atoms with E-state index < -0.39 is 0 Å². The highest BCUT2D eigenvalue weighted by molar-refractivity contribution is 5.72. The Bertz CT molecular complexity index is 952. The highest BCUT2D eigenvalue weighted by atomic mass is 15.4. The van der Waals surface area contributed by atoms with Gasteiger partial charge >= 0.3 is 0 Å². The zero-order chi connectivity index (χ0) is 18.5. The summed E-state index contributed by atoms with van der Waals surface area (Å²) < 4.78 is 0. The minimum absolute atomic E-state index is 0.475. The third-order valence-electron chi connectivity index (χ3n) is 3.59. The zero-order valence-electron chi connectivity index (χ0n) is 14.0. The van der Waals surface area contributed by atoms with Gasteiger partial charge in [-0.3, -0.25) is 5.43 Å². The van der Waals surface area contributed by atoms with Crippen LogP contribution in [0.25, 0.3) is 0 Å². The summed E-state index contributed by atoms with van der Waals surface area (Å²) in [4.78, 5) is 0. The van der Waals surface area contributed by atoms with Crippen LogP contribution in [-0.2, 0) is 0 Å². The van der Waals surface area contributed by atoms with E-state index in [1.807, 2.05) is 24.3 Å². The third kappa shape index (κ3) is 4.12. The van der Waals surface area contributed by atoms with Crippen LogP contribution in [0.1, 0.15) is 0 Å². The van der Waals surface area contributed by atoms with Crippen molar-refractivity contribution in [2.45, 2.75) is 0 Å². The van der Waals surface area contributed by atoms with Crippen LogP contribution in [0, 0.1) is 0 Å². The summed E-state index contributed by atoms with van der Waals surface area (Å²) in [6.45, 7) is 0. The summed E-state index contributed by atoms with van der Waals surface area (Å²) in [7, 11) is 0. The zero-order valence-corrected chi connectivity index (χ0v) is 14.0. The molecule has 3 rings (SSSR count). The number of hydrogen-bond donors (Lipinski definition) is 6. The molecule has 8 nitrogen and oxygen atoms in total. The summed E-state index contributed by atoms with van der Waals surface area (Å²) in [6.07, 6.45) is 0. The van der Waals surface area contributed by atoms with Gasteiger partial charge in [-0.15, -0.1) is 5.11 Å². The number of nitrogens with one attached hydrogen (secondary N) is 2. The van der Waals surface area contributed by atoms with Gasteiger partial charge in [-0.2, -0.15) is 5.11 Å². The van der Waals surface area contributed by atoms with Crippen LogP contribution in [-0.4, -0.2) is 0 Å². The van der Waals surface area contributed by atoms with Crippen LogP contribution in [0.15, 0.2) is 70.9 Å². The van der Waals surface area contributed by atoms with E-state index in [4.69, 9.17) is 22.9 Å². The van der Waals surface area contributed by atoms with E-state index in [0.29, 0.717) is 34.1 Å². The van der Waals surface area contributed by atoms with E-state index in [0.717, 1.165) is 11.4 Å². The van der Waals surface area contributed by atoms with E-state index in [1.54, 1.807) is 36.4 Å². The van der Waals surface area contributed by atoms with E-state index in [9.17, 15) is 0 Å². The SMILES string of the molecule is Nc1ccc(N=Nc2cccc(NNc3ccc(N)cc3N)c2)c(N)c1. The summed E-state index contributed by atoms with van der Waals surface area (Å²) >= 11 is 0. The molecule has 0 amide bonds. The Morgan fingerprint density at radius 2 is 1.38 bits per heavy atom. The minimum Gasteiger partial charge on any atom is -0.399 e. The van der Waals surface area contributed by atoms with E-state index >= 15 is 0 Å². The molecule has 0 aliphatic carbocycles. The second-order valence-corrected chi connectivity index (χ2v) is 5.67. The first-order valence-corrected chi connectivity index (χ1v) is 7.85. The lowest BCUT2D eigenvalue weighted by Crippen LogP contribution is -2.10. The molecule has 0 fully saturated rings. The molecule has 0 atom stereocenters. The van der Waals surface area contributed by atoms with Gasteiger partial charge in [0.05, 0.1) is 28.4 Å². The molecule has 0 bridgehead atoms. The fraction of sp³-hybridized carbons (Fsp3) is 0. The molecule has 26 heavy (non-hydrogen) atoms. The summed E-state index contributed by atoms with van der Waals surface area (Å²) in [5.74, 6) is 0. The smallest absolute Gasteiger partial charge is 0.109 e. The summed E-state index contributed by atoms with van der Waals surface area (Å²) in [5, 5.41) is 8.37. The highest BCUT2D eigenvalue weighted by Crippen LogP contribution is 2.27. The van der Waals surface area contributed by atoms with Crippen LogP contribution >= 0.6 is 0 Å². The lowest BCUT2D eigenvalue weighted by molar-refractivity contribution is 1.23. The van der Waals surface area contributed by atoms with E-state index in [2.05, 4.69) is 21.1 Å². The average molecular weight is 348 g/mol. The Kier molecular flexibility index (Phi) is 4.75. The average Bonchev–Trinajstić information content (AvgIpc) is 2.61. The number of benzene rings is 3. The van der Waals surface area contributed by atoms with Crippen molar-refractivity contribution >= 4 is 45.5 Å². The number of nitrogen functional groups attached to an aromatic ring is 4. The maximum absolute atomic E-state index is 5.92. The molecule has 0 aromatic heterocycles. The van der Waals surface area contributed by atoms with Gasteiger partial charge in [0.25, 0.3) is 0 Å². The molecule has 10 N–H and O–H groups in total. The number of rotatable bonds is 5. The van der Waals surface area contributed by atoms with Crippen molar-refractivity contribution in [3.8, 4) is 0 Å². The molecule has 0 radical (unpaired) electrons. The maximum atomic E-state index is 5.92. The first-order valence-electron chi connectivity index (χ1n) is 7.85. The molecule has 0 heterocycles. The predicted molar refractivity (Wildman–Crippen MR) is 108 cm³/mol. The van der Waals surface area contributed by atoms with Crippen molar-refractivity contribution in [3.05, 3.63) is 60.7 Å². The first kappa shape index (κ1) is 16.9. The number of azo groups is 1. The predicted octanol–water partition coefficient (Wildman–Crippen LogP) is 3.87. The molecule has 132 valence electrons. The minimum atomic E-state index is 0.475. The normalized spacial score (nSPS) is 10.8. The van der Waals surface area contributed by atoms with Crippen molar-refractivity contribution in [1.29, 1.82) is 0 Å². The molecule has 3 aromatic rings. The van der Waals surface area contributed by atoms with Gasteiger partial charge in [0, 0.05) is 11.4 Å². The van der Waals surface area contributed by atoms with Crippen molar-refractivity contribution in [3.63, 3.8) is 0 Å². The molecule has 3 aromatic carbocycles. The van der Waals surface area contributed by atoms with E-state index in [-0.39, 0.29) is 0 Å². The number of nitrogens with two attached hydrogens (primary N) is 4. The third-order valence-corrected chi connectivity index (χ3v) is 3.59. The molecule has 0 unspecified atom stereocenters. The highest BCUT2D eigenvalue weighted by Gasteiger charge is 2.01. The summed E-state index contributed by atoms with van der Waals surface area (Å²) in [5.41, 5.74) is 34.2. The van der Waals surface area contributed by atoms with Gasteiger partial charge in [-0.1, -0.05) is 6.07 Å². The van der Waals surface area contributed by atoms with Crippen LogP contribution < -0.4 is 33.8 Å². The standard InChI is InChI=1S/C18H20N8/c19-11-4-6-17(15(21)8-11)25-23-13-2-1-3-14(10-13)24-26-18-7-5-12(20)9-16(18)22/h1-10,23,25H,19-22H2. The Morgan fingerprint density at radius 1 is 0.654 bits per heavy atom. The molecule has 8 heteroatoms. The van der Waals surface area contributed by atoms with Crippen molar-refractivity contribution < 1.29 is 0 Å². The monoisotopic (exact) mass is 348 g/mol. The van der Waals surface area contributed by atoms with Crippen molar-refractivity contribution in [1.82, 2.24) is 0 Å². The molecular formula is C18H20N8. The fourth-order valence-electron chi connectivity index (χ4n) is 2.26. The Morgan fingerprint density at radius 3 is 2.12 bits per heavy atom. The second-order valence-electron chi connectivity index (χ2n) is 5.67. The van der Waals surface area contributed by atoms with Gasteiger partial charge in [0.2, 0.25) is 0 Å². The molecule has 0 saturated heterocycles. The molecule has 0 spiro atoms. The molecular weight excluding hydrogens is 328 g/mol. The first-order chi connectivity index (χ1) is 12.5. The van der Waals surface area contributed by atoms with Crippen molar-refractivity contribution in [2.75, 3.05) is 33.8 Å². The van der Waals surface area contributed by atoms with Gasteiger partial charge in [-0.25, -0.2) is 0 Å². The van der Waals surface area contributed by atoms with Crippen LogP contribution in [0.2, 0.25) is 0 Å². The molecule has 0 saturated carbocycles. The fourth-order valence-corrected chi connectivity index (χ4v) is 2.26. The van der Waals surface area contributed by atoms with Crippen LogP contribution in [0.5, 0.6) is 0 Å². The van der Waals surface area contributed by atoms with Gasteiger partial charge in [0.15, 0.2) is 0 Å². The quantitative estimate of drug-likeness (QED) is 0.234. The molecule has 0 aliphatic heterocycles. The lowest BCUT2D eigenvalue weighted by atomic mass is 10.2. The molecule has 0 aliphatic rings. The van der Waals surface area contributed by atoms with E-state index in [1.165, 1.54) is 0 Å². The topological polar surface area (TPSA) is 153 Å².